The molecule has 1 aromatic heterocycles. The molecule has 1 aromatic rings. The lowest BCUT2D eigenvalue weighted by Crippen LogP contribution is -2.50. The molecule has 1 saturated carbocycles. The first kappa shape index (κ1) is 14.2. The smallest absolute Gasteiger partial charge is 0.303 e. The van der Waals surface area contributed by atoms with Gasteiger partial charge in [-0.2, -0.15) is 12.7 Å². The molecule has 0 spiro atoms. The van der Waals surface area contributed by atoms with E-state index in [4.69, 9.17) is 0 Å². The molecule has 1 aliphatic heterocycles. The van der Waals surface area contributed by atoms with Crippen LogP contribution < -0.4 is 10.0 Å². The standard InChI is InChI=1S/C12H20N4O2S2/c17-20(18,15-12-13-6-8-19-12)16-7-2-1-3-11(16)9-14-10-4-5-10/h6,8,10-11,14H,1-5,7,9H2,(H,13,15). The summed E-state index contributed by atoms with van der Waals surface area (Å²) in [4.78, 5) is 3.99. The molecule has 1 aliphatic carbocycles. The molecule has 1 saturated heterocycles. The van der Waals surface area contributed by atoms with Crippen LogP contribution in [0, 0.1) is 0 Å². The number of hydrogen-bond acceptors (Lipinski definition) is 5. The van der Waals surface area contributed by atoms with Crippen molar-refractivity contribution in [1.82, 2.24) is 14.6 Å². The SMILES string of the molecule is O=S(=O)(Nc1nccs1)N1CCCCC1CNC1CC1. The summed E-state index contributed by atoms with van der Waals surface area (Å²) in [6.45, 7) is 1.35. The molecule has 1 unspecified atom stereocenters. The van der Waals surface area contributed by atoms with Crippen LogP contribution in [0.2, 0.25) is 0 Å². The van der Waals surface area contributed by atoms with E-state index < -0.39 is 10.2 Å². The van der Waals surface area contributed by atoms with Crippen LogP contribution in [-0.2, 0) is 10.2 Å². The van der Waals surface area contributed by atoms with Crippen molar-refractivity contribution in [1.29, 1.82) is 0 Å². The van der Waals surface area contributed by atoms with E-state index in [1.165, 1.54) is 24.2 Å². The molecular formula is C12H20N4O2S2. The Morgan fingerprint density at radius 3 is 2.90 bits per heavy atom. The molecule has 2 heterocycles. The summed E-state index contributed by atoms with van der Waals surface area (Å²) in [5.41, 5.74) is 0. The molecule has 20 heavy (non-hydrogen) atoms. The number of anilines is 1. The van der Waals surface area contributed by atoms with Gasteiger partial charge in [-0.05, 0) is 25.7 Å². The Morgan fingerprint density at radius 1 is 1.35 bits per heavy atom. The minimum Gasteiger partial charge on any atom is -0.312 e. The molecule has 0 bridgehead atoms. The van der Waals surface area contributed by atoms with Gasteiger partial charge in [-0.15, -0.1) is 11.3 Å². The number of aromatic nitrogens is 1. The summed E-state index contributed by atoms with van der Waals surface area (Å²) < 4.78 is 29.1. The number of thiazole rings is 1. The third-order valence-electron chi connectivity index (χ3n) is 3.75. The maximum absolute atomic E-state index is 12.5. The molecule has 2 fully saturated rings. The van der Waals surface area contributed by atoms with Crippen LogP contribution in [0.3, 0.4) is 0 Å². The van der Waals surface area contributed by atoms with E-state index in [0.717, 1.165) is 25.8 Å². The highest BCUT2D eigenvalue weighted by Gasteiger charge is 2.33. The maximum atomic E-state index is 12.5. The molecule has 0 amide bonds. The van der Waals surface area contributed by atoms with Crippen molar-refractivity contribution in [3.63, 3.8) is 0 Å². The second-order valence-electron chi connectivity index (χ2n) is 5.39. The van der Waals surface area contributed by atoms with Crippen LogP contribution in [0.5, 0.6) is 0 Å². The van der Waals surface area contributed by atoms with Gasteiger partial charge < -0.3 is 5.32 Å². The number of piperidine rings is 1. The van der Waals surface area contributed by atoms with Gasteiger partial charge in [-0.3, -0.25) is 0 Å². The van der Waals surface area contributed by atoms with Gasteiger partial charge in [-0.25, -0.2) is 9.71 Å². The summed E-state index contributed by atoms with van der Waals surface area (Å²) >= 11 is 1.30. The Morgan fingerprint density at radius 2 is 2.20 bits per heavy atom. The summed E-state index contributed by atoms with van der Waals surface area (Å²) in [6.07, 6.45) is 7.00. The zero-order valence-corrected chi connectivity index (χ0v) is 12.9. The molecular weight excluding hydrogens is 296 g/mol. The van der Waals surface area contributed by atoms with E-state index in [0.29, 0.717) is 17.7 Å². The fraction of sp³-hybridized carbons (Fsp3) is 0.750. The van der Waals surface area contributed by atoms with Crippen LogP contribution >= 0.6 is 11.3 Å². The van der Waals surface area contributed by atoms with Crippen molar-refractivity contribution < 1.29 is 8.42 Å². The Bertz CT molecular complexity index is 528. The summed E-state index contributed by atoms with van der Waals surface area (Å²) in [5.74, 6) is 0. The van der Waals surface area contributed by atoms with E-state index in [1.54, 1.807) is 15.9 Å². The first-order valence-corrected chi connectivity index (χ1v) is 9.39. The fourth-order valence-corrected chi connectivity index (χ4v) is 4.74. The van der Waals surface area contributed by atoms with E-state index in [-0.39, 0.29) is 6.04 Å². The second kappa shape index (κ2) is 5.97. The zero-order chi connectivity index (χ0) is 14.0. The Balaban J connectivity index is 1.67. The van der Waals surface area contributed by atoms with Gasteiger partial charge in [0.25, 0.3) is 0 Å². The van der Waals surface area contributed by atoms with Crippen molar-refractivity contribution in [3.05, 3.63) is 11.6 Å². The van der Waals surface area contributed by atoms with Crippen LogP contribution in [-0.4, -0.2) is 42.9 Å². The van der Waals surface area contributed by atoms with Crippen LogP contribution in [0.25, 0.3) is 0 Å². The molecule has 3 rings (SSSR count). The van der Waals surface area contributed by atoms with Crippen molar-refractivity contribution in [3.8, 4) is 0 Å². The average molecular weight is 316 g/mol. The van der Waals surface area contributed by atoms with Crippen LogP contribution in [0.1, 0.15) is 32.1 Å². The van der Waals surface area contributed by atoms with Gasteiger partial charge in [0.15, 0.2) is 5.13 Å². The van der Waals surface area contributed by atoms with Gasteiger partial charge >= 0.3 is 10.2 Å². The van der Waals surface area contributed by atoms with Gasteiger partial charge in [0.05, 0.1) is 0 Å². The fourth-order valence-electron chi connectivity index (χ4n) is 2.53. The first-order chi connectivity index (χ1) is 9.65. The second-order valence-corrected chi connectivity index (χ2v) is 7.91. The average Bonchev–Trinajstić information content (AvgIpc) is 3.13. The minimum atomic E-state index is -3.49. The summed E-state index contributed by atoms with van der Waals surface area (Å²) in [7, 11) is -3.49. The molecule has 6 nitrogen and oxygen atoms in total. The lowest BCUT2D eigenvalue weighted by atomic mass is 10.1. The van der Waals surface area contributed by atoms with Gasteiger partial charge in [-0.1, -0.05) is 6.42 Å². The monoisotopic (exact) mass is 316 g/mol. The largest absolute Gasteiger partial charge is 0.312 e. The normalized spacial score (nSPS) is 24.7. The maximum Gasteiger partial charge on any atom is 0.303 e. The lowest BCUT2D eigenvalue weighted by molar-refractivity contribution is 0.246. The molecule has 1 atom stereocenters. The predicted molar refractivity (Wildman–Crippen MR) is 80.0 cm³/mol. The number of nitrogens with zero attached hydrogens (tertiary/aromatic N) is 2. The molecule has 2 N–H and O–H groups in total. The van der Waals surface area contributed by atoms with Gasteiger partial charge in [0, 0.05) is 36.8 Å². The van der Waals surface area contributed by atoms with Crippen molar-refractivity contribution in [2.45, 2.75) is 44.2 Å². The molecule has 112 valence electrons. The van der Waals surface area contributed by atoms with Gasteiger partial charge in [0.2, 0.25) is 0 Å². The van der Waals surface area contributed by atoms with E-state index >= 15 is 0 Å². The van der Waals surface area contributed by atoms with Crippen molar-refractivity contribution >= 4 is 26.7 Å². The molecule has 2 aliphatic rings. The topological polar surface area (TPSA) is 74.3 Å². The Labute approximate surface area is 123 Å². The minimum absolute atomic E-state index is 0.0572. The lowest BCUT2D eigenvalue weighted by Gasteiger charge is -2.34. The van der Waals surface area contributed by atoms with E-state index in [2.05, 4.69) is 15.0 Å². The quantitative estimate of drug-likeness (QED) is 0.832. The first-order valence-electron chi connectivity index (χ1n) is 7.07. The van der Waals surface area contributed by atoms with E-state index in [1.807, 2.05) is 0 Å². The Kier molecular flexibility index (Phi) is 4.25. The molecule has 0 radical (unpaired) electrons. The molecule has 8 heteroatoms. The highest BCUT2D eigenvalue weighted by atomic mass is 32.2. The summed E-state index contributed by atoms with van der Waals surface area (Å²) in [5, 5.41) is 5.64. The third kappa shape index (κ3) is 3.49. The number of hydrogen-bond donors (Lipinski definition) is 2. The highest BCUT2D eigenvalue weighted by Crippen LogP contribution is 2.24. The zero-order valence-electron chi connectivity index (χ0n) is 11.3. The van der Waals surface area contributed by atoms with Crippen molar-refractivity contribution in [2.75, 3.05) is 17.8 Å². The third-order valence-corrected chi connectivity index (χ3v) is 6.12. The van der Waals surface area contributed by atoms with Crippen LogP contribution in [0.15, 0.2) is 11.6 Å². The highest BCUT2D eigenvalue weighted by molar-refractivity contribution is 7.90. The number of nitrogens with one attached hydrogen (secondary N) is 2. The predicted octanol–water partition coefficient (Wildman–Crippen LogP) is 1.41. The van der Waals surface area contributed by atoms with E-state index in [9.17, 15) is 8.42 Å². The van der Waals surface area contributed by atoms with Crippen molar-refractivity contribution in [2.24, 2.45) is 0 Å². The Hall–Kier alpha value is -0.700. The number of rotatable bonds is 6. The van der Waals surface area contributed by atoms with Gasteiger partial charge in [0.1, 0.15) is 0 Å². The van der Waals surface area contributed by atoms with Crippen LogP contribution in [0.4, 0.5) is 5.13 Å². The summed E-state index contributed by atoms with van der Waals surface area (Å²) in [6, 6.07) is 0.662. The molecule has 0 aromatic carbocycles.